The summed E-state index contributed by atoms with van der Waals surface area (Å²) in [5.74, 6) is -0.894. The van der Waals surface area contributed by atoms with E-state index in [2.05, 4.69) is 0 Å². The van der Waals surface area contributed by atoms with Crippen molar-refractivity contribution in [2.24, 2.45) is 5.41 Å². The van der Waals surface area contributed by atoms with Crippen LogP contribution in [-0.4, -0.2) is 21.0 Å². The third kappa shape index (κ3) is 3.64. The first kappa shape index (κ1) is 14.7. The molecule has 20 heavy (non-hydrogen) atoms. The van der Waals surface area contributed by atoms with Crippen molar-refractivity contribution in [2.45, 2.75) is 25.0 Å². The molecule has 1 aliphatic carbocycles. The summed E-state index contributed by atoms with van der Waals surface area (Å²) in [5.41, 5.74) is 0.244. The van der Waals surface area contributed by atoms with Crippen LogP contribution in [0.1, 0.15) is 30.4 Å². The van der Waals surface area contributed by atoms with Gasteiger partial charge in [0, 0.05) is 22.3 Å². The first-order valence-corrected chi connectivity index (χ1v) is 7.68. The van der Waals surface area contributed by atoms with Crippen LogP contribution in [0.15, 0.2) is 18.2 Å². The highest BCUT2D eigenvalue weighted by molar-refractivity contribution is 7.84. The summed E-state index contributed by atoms with van der Waals surface area (Å²) in [6.45, 7) is 0. The zero-order valence-corrected chi connectivity index (χ0v) is 11.6. The summed E-state index contributed by atoms with van der Waals surface area (Å²) in [6.07, 6.45) is 1.63. The van der Waals surface area contributed by atoms with E-state index in [1.165, 1.54) is 18.2 Å². The van der Waals surface area contributed by atoms with Crippen molar-refractivity contribution in [3.05, 3.63) is 35.1 Å². The lowest BCUT2D eigenvalue weighted by Gasteiger charge is -2.12. The van der Waals surface area contributed by atoms with Crippen molar-refractivity contribution < 1.29 is 18.5 Å². The molecule has 0 amide bonds. The maximum atomic E-state index is 13.2. The quantitative estimate of drug-likeness (QED) is 0.872. The fraction of sp³-hybridized carbons (Fsp3) is 0.429. The average molecular weight is 295 g/mol. The van der Waals surface area contributed by atoms with Crippen molar-refractivity contribution in [2.75, 3.05) is 5.75 Å². The Hall–Kier alpha value is -1.74. The number of carbonyl (C=O) groups is 1. The van der Waals surface area contributed by atoms with Gasteiger partial charge in [-0.05, 0) is 36.0 Å². The molecule has 1 aromatic rings. The van der Waals surface area contributed by atoms with Crippen molar-refractivity contribution in [3.63, 3.8) is 0 Å². The number of hydrogen-bond acceptors (Lipinski definition) is 3. The van der Waals surface area contributed by atoms with Crippen molar-refractivity contribution >= 4 is 16.8 Å². The van der Waals surface area contributed by atoms with Crippen LogP contribution in [0, 0.1) is 22.6 Å². The molecule has 0 bridgehead atoms. The Morgan fingerprint density at radius 1 is 1.50 bits per heavy atom. The van der Waals surface area contributed by atoms with Gasteiger partial charge in [-0.3, -0.25) is 9.00 Å². The minimum atomic E-state index is -1.21. The van der Waals surface area contributed by atoms with E-state index in [9.17, 15) is 13.4 Å². The number of carboxylic acids is 1. The second kappa shape index (κ2) is 5.71. The van der Waals surface area contributed by atoms with Gasteiger partial charge < -0.3 is 5.11 Å². The predicted octanol–water partition coefficient (Wildman–Crippen LogP) is 2.20. The maximum absolute atomic E-state index is 13.2. The molecule has 0 aliphatic heterocycles. The van der Waals surface area contributed by atoms with Crippen LogP contribution < -0.4 is 0 Å². The third-order valence-electron chi connectivity index (χ3n) is 3.43. The normalized spacial score (nSPS) is 17.2. The molecule has 6 heteroatoms. The molecule has 0 saturated heterocycles. The van der Waals surface area contributed by atoms with Crippen LogP contribution in [0.3, 0.4) is 0 Å². The van der Waals surface area contributed by atoms with Crippen LogP contribution in [0.4, 0.5) is 4.39 Å². The minimum Gasteiger partial charge on any atom is -0.481 e. The monoisotopic (exact) mass is 295 g/mol. The molecule has 0 spiro atoms. The molecule has 1 fully saturated rings. The average Bonchev–Trinajstić information content (AvgIpc) is 3.09. The number of halogens is 1. The van der Waals surface area contributed by atoms with E-state index in [0.717, 1.165) is 12.8 Å². The number of rotatable bonds is 6. The van der Waals surface area contributed by atoms with Crippen LogP contribution in [0.2, 0.25) is 0 Å². The highest BCUT2D eigenvalue weighted by atomic mass is 32.2. The molecule has 1 unspecified atom stereocenters. The standard InChI is InChI=1S/C14H14FNO3S/c15-12-2-1-10(5-11(12)7-16)8-20(19)9-14(3-4-14)6-13(17)18/h1-2,5H,3-4,6,8-9H2,(H,17,18). The van der Waals surface area contributed by atoms with E-state index in [1.54, 1.807) is 6.07 Å². The molecule has 4 nitrogen and oxygen atoms in total. The molecule has 0 radical (unpaired) electrons. The number of hydrogen-bond donors (Lipinski definition) is 1. The van der Waals surface area contributed by atoms with E-state index in [4.69, 9.17) is 10.4 Å². The molecule has 1 aromatic carbocycles. The third-order valence-corrected chi connectivity index (χ3v) is 5.02. The van der Waals surface area contributed by atoms with Crippen LogP contribution in [-0.2, 0) is 21.3 Å². The molecule has 1 N–H and O–H groups in total. The summed E-state index contributed by atoms with van der Waals surface area (Å²) in [7, 11) is -1.21. The van der Waals surface area contributed by atoms with Gasteiger partial charge in [-0.2, -0.15) is 5.26 Å². The lowest BCUT2D eigenvalue weighted by atomic mass is 10.1. The van der Waals surface area contributed by atoms with Crippen LogP contribution in [0.5, 0.6) is 0 Å². The van der Waals surface area contributed by atoms with E-state index in [1.807, 2.05) is 0 Å². The SMILES string of the molecule is N#Cc1cc(CS(=O)CC2(CC(=O)O)CC2)ccc1F. The topological polar surface area (TPSA) is 78.2 Å². The Labute approximate surface area is 118 Å². The maximum Gasteiger partial charge on any atom is 0.303 e. The number of carboxylic acid groups (broad SMARTS) is 1. The minimum absolute atomic E-state index is 0.0472. The number of aliphatic carboxylic acids is 1. The molecule has 1 atom stereocenters. The Kier molecular flexibility index (Phi) is 4.19. The van der Waals surface area contributed by atoms with Gasteiger partial charge in [-0.15, -0.1) is 0 Å². The van der Waals surface area contributed by atoms with Gasteiger partial charge in [0.2, 0.25) is 0 Å². The number of nitrogens with zero attached hydrogens (tertiary/aromatic N) is 1. The smallest absolute Gasteiger partial charge is 0.303 e. The molecule has 0 heterocycles. The predicted molar refractivity (Wildman–Crippen MR) is 71.7 cm³/mol. The second-order valence-electron chi connectivity index (χ2n) is 5.23. The van der Waals surface area contributed by atoms with Crippen LogP contribution in [0.25, 0.3) is 0 Å². The molecular formula is C14H14FNO3S. The first-order chi connectivity index (χ1) is 9.44. The number of benzene rings is 1. The lowest BCUT2D eigenvalue weighted by molar-refractivity contribution is -0.138. The molecule has 106 valence electrons. The Bertz CT molecular complexity index is 605. The highest BCUT2D eigenvalue weighted by Crippen LogP contribution is 2.49. The molecule has 1 aliphatic rings. The summed E-state index contributed by atoms with van der Waals surface area (Å²) in [5, 5.41) is 17.6. The Morgan fingerprint density at radius 3 is 2.75 bits per heavy atom. The molecular weight excluding hydrogens is 281 g/mol. The van der Waals surface area contributed by atoms with Gasteiger partial charge in [-0.25, -0.2) is 4.39 Å². The van der Waals surface area contributed by atoms with Gasteiger partial charge in [0.25, 0.3) is 0 Å². The van der Waals surface area contributed by atoms with E-state index < -0.39 is 22.6 Å². The van der Waals surface area contributed by atoms with Gasteiger partial charge in [0.15, 0.2) is 0 Å². The zero-order chi connectivity index (χ0) is 14.8. The van der Waals surface area contributed by atoms with Crippen LogP contribution >= 0.6 is 0 Å². The van der Waals surface area contributed by atoms with E-state index in [0.29, 0.717) is 11.3 Å². The summed E-state index contributed by atoms with van der Waals surface area (Å²) >= 11 is 0. The summed E-state index contributed by atoms with van der Waals surface area (Å²) < 4.78 is 25.2. The van der Waals surface area contributed by atoms with Gasteiger partial charge >= 0.3 is 5.97 Å². The molecule has 0 aromatic heterocycles. The molecule has 2 rings (SSSR count). The van der Waals surface area contributed by atoms with Crippen molar-refractivity contribution in [1.82, 2.24) is 0 Å². The van der Waals surface area contributed by atoms with E-state index in [-0.39, 0.29) is 23.2 Å². The largest absolute Gasteiger partial charge is 0.481 e. The highest BCUT2D eigenvalue weighted by Gasteiger charge is 2.45. The Morgan fingerprint density at radius 2 is 2.20 bits per heavy atom. The molecule has 1 saturated carbocycles. The lowest BCUT2D eigenvalue weighted by Crippen LogP contribution is -2.17. The van der Waals surface area contributed by atoms with Gasteiger partial charge in [-0.1, -0.05) is 6.07 Å². The second-order valence-corrected chi connectivity index (χ2v) is 6.68. The van der Waals surface area contributed by atoms with E-state index >= 15 is 0 Å². The summed E-state index contributed by atoms with van der Waals surface area (Å²) in [6, 6.07) is 5.83. The van der Waals surface area contributed by atoms with Gasteiger partial charge in [0.05, 0.1) is 12.0 Å². The Balaban J connectivity index is 1.99. The van der Waals surface area contributed by atoms with Crippen molar-refractivity contribution in [1.29, 1.82) is 5.26 Å². The summed E-state index contributed by atoms with van der Waals surface area (Å²) in [4.78, 5) is 10.7. The number of nitriles is 1. The van der Waals surface area contributed by atoms with Crippen molar-refractivity contribution in [3.8, 4) is 6.07 Å². The first-order valence-electron chi connectivity index (χ1n) is 6.19. The fourth-order valence-corrected chi connectivity index (χ4v) is 3.92. The zero-order valence-electron chi connectivity index (χ0n) is 10.8. The van der Waals surface area contributed by atoms with Gasteiger partial charge in [0.1, 0.15) is 11.9 Å². The fourth-order valence-electron chi connectivity index (χ4n) is 2.20.